The molecule has 3 nitrogen and oxygen atoms in total. The minimum atomic E-state index is -0.247. The zero-order chi connectivity index (χ0) is 10.4. The summed E-state index contributed by atoms with van der Waals surface area (Å²) in [6.07, 6.45) is 6.22. The second kappa shape index (κ2) is 5.35. The third kappa shape index (κ3) is 2.47. The Morgan fingerprint density at radius 3 is 2.50 bits per heavy atom. The molecule has 0 aromatic carbocycles. The summed E-state index contributed by atoms with van der Waals surface area (Å²) in [6.45, 7) is 2.92. The Kier molecular flexibility index (Phi) is 4.39. The van der Waals surface area contributed by atoms with Gasteiger partial charge >= 0.3 is 5.97 Å². The fraction of sp³-hybridized carbons (Fsp3) is 0.909. The van der Waals surface area contributed by atoms with E-state index in [2.05, 4.69) is 0 Å². The minimum absolute atomic E-state index is 0.0230. The van der Waals surface area contributed by atoms with Crippen molar-refractivity contribution in [2.45, 2.75) is 45.4 Å². The third-order valence-electron chi connectivity index (χ3n) is 3.14. The first-order valence-corrected chi connectivity index (χ1v) is 5.62. The average molecular weight is 199 g/mol. The van der Waals surface area contributed by atoms with Crippen molar-refractivity contribution in [1.29, 1.82) is 0 Å². The van der Waals surface area contributed by atoms with Crippen molar-refractivity contribution in [1.82, 2.24) is 0 Å². The summed E-state index contributed by atoms with van der Waals surface area (Å²) >= 11 is 0. The molecule has 0 saturated heterocycles. The highest BCUT2D eigenvalue weighted by Gasteiger charge is 2.39. The van der Waals surface area contributed by atoms with E-state index < -0.39 is 0 Å². The Hall–Kier alpha value is -0.570. The van der Waals surface area contributed by atoms with Gasteiger partial charge in [-0.05, 0) is 32.7 Å². The van der Waals surface area contributed by atoms with Crippen molar-refractivity contribution >= 4 is 5.97 Å². The molecule has 0 radical (unpaired) electrons. The molecule has 0 spiro atoms. The molecule has 0 amide bonds. The molecule has 0 aromatic rings. The van der Waals surface area contributed by atoms with Gasteiger partial charge in [-0.3, -0.25) is 4.79 Å². The summed E-state index contributed by atoms with van der Waals surface area (Å²) in [7, 11) is 0. The van der Waals surface area contributed by atoms with E-state index in [0.29, 0.717) is 13.2 Å². The predicted octanol–water partition coefficient (Wildman–Crippen LogP) is 1.85. The van der Waals surface area contributed by atoms with Crippen LogP contribution in [0.4, 0.5) is 0 Å². The number of hydrogen-bond acceptors (Lipinski definition) is 3. The van der Waals surface area contributed by atoms with E-state index in [9.17, 15) is 4.79 Å². The normalized spacial score (nSPS) is 20.4. The van der Waals surface area contributed by atoms with Gasteiger partial charge in [-0.2, -0.15) is 0 Å². The second-order valence-electron chi connectivity index (χ2n) is 4.10. The molecule has 0 aliphatic heterocycles. The Labute approximate surface area is 86.0 Å². The SMILES string of the molecule is CCOC(=O)C1(CCN)CCCCC1. The fourth-order valence-corrected chi connectivity index (χ4v) is 2.35. The number of carbonyl (C=O) groups is 1. The van der Waals surface area contributed by atoms with Gasteiger partial charge in [0.1, 0.15) is 0 Å². The van der Waals surface area contributed by atoms with Crippen molar-refractivity contribution in [2.75, 3.05) is 13.2 Å². The molecule has 0 atom stereocenters. The summed E-state index contributed by atoms with van der Waals surface area (Å²) in [4.78, 5) is 11.8. The molecule has 14 heavy (non-hydrogen) atoms. The quantitative estimate of drug-likeness (QED) is 0.703. The van der Waals surface area contributed by atoms with Crippen LogP contribution in [0.2, 0.25) is 0 Å². The first-order valence-electron chi connectivity index (χ1n) is 5.62. The highest BCUT2D eigenvalue weighted by Crippen LogP contribution is 2.40. The first-order chi connectivity index (χ1) is 6.75. The number of hydrogen-bond donors (Lipinski definition) is 1. The molecule has 1 rings (SSSR count). The lowest BCUT2D eigenvalue weighted by molar-refractivity contribution is -0.158. The van der Waals surface area contributed by atoms with Crippen molar-refractivity contribution in [3.05, 3.63) is 0 Å². The van der Waals surface area contributed by atoms with E-state index in [0.717, 1.165) is 32.1 Å². The van der Waals surface area contributed by atoms with Gasteiger partial charge in [0, 0.05) is 0 Å². The monoisotopic (exact) mass is 199 g/mol. The Morgan fingerprint density at radius 1 is 1.36 bits per heavy atom. The van der Waals surface area contributed by atoms with E-state index in [1.54, 1.807) is 0 Å². The largest absolute Gasteiger partial charge is 0.466 e. The Balaban J connectivity index is 2.63. The fourth-order valence-electron chi connectivity index (χ4n) is 2.35. The van der Waals surface area contributed by atoms with Crippen LogP contribution >= 0.6 is 0 Å². The van der Waals surface area contributed by atoms with Crippen molar-refractivity contribution in [2.24, 2.45) is 11.1 Å². The van der Waals surface area contributed by atoms with E-state index in [1.165, 1.54) is 6.42 Å². The zero-order valence-corrected chi connectivity index (χ0v) is 9.05. The molecule has 0 unspecified atom stereocenters. The maximum Gasteiger partial charge on any atom is 0.312 e. The van der Waals surface area contributed by atoms with E-state index in [4.69, 9.17) is 10.5 Å². The Morgan fingerprint density at radius 2 is 2.00 bits per heavy atom. The van der Waals surface area contributed by atoms with Gasteiger partial charge in [-0.15, -0.1) is 0 Å². The molecular weight excluding hydrogens is 178 g/mol. The minimum Gasteiger partial charge on any atom is -0.466 e. The zero-order valence-electron chi connectivity index (χ0n) is 9.05. The molecule has 3 heteroatoms. The van der Waals surface area contributed by atoms with Crippen LogP contribution < -0.4 is 5.73 Å². The molecule has 0 aromatic heterocycles. The molecule has 0 bridgehead atoms. The molecule has 1 aliphatic carbocycles. The van der Waals surface area contributed by atoms with Crippen LogP contribution in [0, 0.1) is 5.41 Å². The van der Waals surface area contributed by atoms with E-state index in [-0.39, 0.29) is 11.4 Å². The summed E-state index contributed by atoms with van der Waals surface area (Å²) in [5.74, 6) is -0.0230. The van der Waals surface area contributed by atoms with Gasteiger partial charge in [0.25, 0.3) is 0 Å². The van der Waals surface area contributed by atoms with E-state index in [1.807, 2.05) is 6.92 Å². The summed E-state index contributed by atoms with van der Waals surface area (Å²) < 4.78 is 5.14. The molecule has 1 aliphatic rings. The first kappa shape index (κ1) is 11.5. The standard InChI is InChI=1S/C11H21NO2/c1-2-14-10(13)11(8-9-12)6-4-3-5-7-11/h2-9,12H2,1H3. The number of carbonyl (C=O) groups excluding carboxylic acids is 1. The lowest BCUT2D eigenvalue weighted by Gasteiger charge is -2.34. The highest BCUT2D eigenvalue weighted by atomic mass is 16.5. The van der Waals surface area contributed by atoms with Crippen LogP contribution in [-0.4, -0.2) is 19.1 Å². The van der Waals surface area contributed by atoms with Gasteiger partial charge < -0.3 is 10.5 Å². The smallest absolute Gasteiger partial charge is 0.312 e. The molecule has 1 saturated carbocycles. The highest BCUT2D eigenvalue weighted by molar-refractivity contribution is 5.77. The number of nitrogens with two attached hydrogens (primary N) is 1. The second-order valence-corrected chi connectivity index (χ2v) is 4.10. The van der Waals surface area contributed by atoms with Crippen LogP contribution in [0.25, 0.3) is 0 Å². The van der Waals surface area contributed by atoms with Gasteiger partial charge in [0.2, 0.25) is 0 Å². The topological polar surface area (TPSA) is 52.3 Å². The lowest BCUT2D eigenvalue weighted by Crippen LogP contribution is -2.37. The maximum absolute atomic E-state index is 11.8. The number of rotatable bonds is 4. The summed E-state index contributed by atoms with van der Waals surface area (Å²) in [5.41, 5.74) is 5.32. The van der Waals surface area contributed by atoms with Crippen LogP contribution in [-0.2, 0) is 9.53 Å². The van der Waals surface area contributed by atoms with Gasteiger partial charge in [-0.1, -0.05) is 19.3 Å². The summed E-state index contributed by atoms with van der Waals surface area (Å²) in [6, 6.07) is 0. The van der Waals surface area contributed by atoms with Crippen LogP contribution in [0.5, 0.6) is 0 Å². The van der Waals surface area contributed by atoms with Crippen LogP contribution in [0.3, 0.4) is 0 Å². The van der Waals surface area contributed by atoms with Gasteiger partial charge in [0.05, 0.1) is 12.0 Å². The van der Waals surface area contributed by atoms with Gasteiger partial charge in [0.15, 0.2) is 0 Å². The summed E-state index contributed by atoms with van der Waals surface area (Å²) in [5, 5.41) is 0. The average Bonchev–Trinajstić information content (AvgIpc) is 2.20. The van der Waals surface area contributed by atoms with Crippen LogP contribution in [0.15, 0.2) is 0 Å². The number of esters is 1. The lowest BCUT2D eigenvalue weighted by atomic mass is 9.72. The van der Waals surface area contributed by atoms with Crippen molar-refractivity contribution in [3.63, 3.8) is 0 Å². The third-order valence-corrected chi connectivity index (χ3v) is 3.14. The molecule has 1 fully saturated rings. The maximum atomic E-state index is 11.8. The van der Waals surface area contributed by atoms with E-state index >= 15 is 0 Å². The van der Waals surface area contributed by atoms with Crippen molar-refractivity contribution < 1.29 is 9.53 Å². The Bertz CT molecular complexity index is 180. The molecule has 0 heterocycles. The predicted molar refractivity (Wildman–Crippen MR) is 55.8 cm³/mol. The van der Waals surface area contributed by atoms with Crippen molar-refractivity contribution in [3.8, 4) is 0 Å². The number of ether oxygens (including phenoxy) is 1. The van der Waals surface area contributed by atoms with Crippen LogP contribution in [0.1, 0.15) is 45.4 Å². The van der Waals surface area contributed by atoms with Gasteiger partial charge in [-0.25, -0.2) is 0 Å². The molecule has 82 valence electrons. The molecule has 2 N–H and O–H groups in total. The molecular formula is C11H21NO2.